The number of anilines is 1. The van der Waals surface area contributed by atoms with E-state index in [0.29, 0.717) is 41.9 Å². The van der Waals surface area contributed by atoms with Crippen molar-refractivity contribution < 1.29 is 23.9 Å². The highest BCUT2D eigenvalue weighted by Crippen LogP contribution is 2.35. The van der Waals surface area contributed by atoms with Gasteiger partial charge < -0.3 is 23.8 Å². The summed E-state index contributed by atoms with van der Waals surface area (Å²) in [4.78, 5) is 18.0. The second kappa shape index (κ2) is 11.0. The molecule has 0 spiro atoms. The zero-order valence-corrected chi connectivity index (χ0v) is 21.5. The van der Waals surface area contributed by atoms with Crippen LogP contribution in [-0.2, 0) is 13.1 Å². The highest BCUT2D eigenvalue weighted by molar-refractivity contribution is 5.94. The second-order valence-corrected chi connectivity index (χ2v) is 8.46. The van der Waals surface area contributed by atoms with Gasteiger partial charge in [-0.1, -0.05) is 0 Å². The molecule has 3 aromatic carbocycles. The van der Waals surface area contributed by atoms with Crippen molar-refractivity contribution in [2.24, 2.45) is 0 Å². The van der Waals surface area contributed by atoms with Gasteiger partial charge in [0.05, 0.1) is 33.4 Å². The molecule has 0 aliphatic carbocycles. The van der Waals surface area contributed by atoms with Crippen LogP contribution in [0.25, 0.3) is 10.8 Å². The van der Waals surface area contributed by atoms with Crippen molar-refractivity contribution in [3.05, 3.63) is 87.6 Å². The van der Waals surface area contributed by atoms with Crippen molar-refractivity contribution in [3.63, 3.8) is 0 Å². The summed E-state index contributed by atoms with van der Waals surface area (Å²) >= 11 is 0. The molecule has 0 aliphatic heterocycles. The molecular formula is C28H29N3O6. The number of hydrogen-bond acceptors (Lipinski definition) is 8. The first kappa shape index (κ1) is 25.6. The average Bonchev–Trinajstić information content (AvgIpc) is 2.91. The highest BCUT2D eigenvalue weighted by atomic mass is 16.6. The topological polar surface area (TPSA) is 96.2 Å². The molecule has 192 valence electrons. The van der Waals surface area contributed by atoms with E-state index >= 15 is 0 Å². The molecule has 0 radical (unpaired) electrons. The van der Waals surface area contributed by atoms with Gasteiger partial charge in [-0.25, -0.2) is 4.98 Å². The van der Waals surface area contributed by atoms with Gasteiger partial charge in [0.25, 0.3) is 5.69 Å². The lowest BCUT2D eigenvalue weighted by Crippen LogP contribution is -2.24. The summed E-state index contributed by atoms with van der Waals surface area (Å²) in [6.45, 7) is 2.78. The molecule has 0 N–H and O–H groups in total. The van der Waals surface area contributed by atoms with Gasteiger partial charge in [0, 0.05) is 59.6 Å². The third kappa shape index (κ3) is 5.50. The van der Waals surface area contributed by atoms with Crippen LogP contribution in [0.2, 0.25) is 0 Å². The number of fused-ring (bicyclic) bond motifs is 1. The Labute approximate surface area is 215 Å². The Kier molecular flexibility index (Phi) is 7.62. The van der Waals surface area contributed by atoms with E-state index in [4.69, 9.17) is 23.9 Å². The van der Waals surface area contributed by atoms with Crippen molar-refractivity contribution in [2.75, 3.05) is 33.3 Å². The fraction of sp³-hybridized carbons (Fsp3) is 0.250. The van der Waals surface area contributed by atoms with Gasteiger partial charge in [0.1, 0.15) is 28.8 Å². The number of nitrogens with zero attached hydrogens (tertiary/aromatic N) is 3. The van der Waals surface area contributed by atoms with Crippen molar-refractivity contribution in [1.82, 2.24) is 4.98 Å². The predicted octanol–water partition coefficient (Wildman–Crippen LogP) is 5.69. The first-order chi connectivity index (χ1) is 17.9. The maximum atomic E-state index is 11.4. The number of nitro benzene ring substituents is 1. The molecule has 9 heteroatoms. The van der Waals surface area contributed by atoms with Crippen LogP contribution in [0.1, 0.15) is 16.8 Å². The van der Waals surface area contributed by atoms with E-state index in [1.54, 1.807) is 40.6 Å². The van der Waals surface area contributed by atoms with Crippen LogP contribution in [0.15, 0.2) is 60.7 Å². The Bertz CT molecular complexity index is 1380. The van der Waals surface area contributed by atoms with Crippen LogP contribution in [0.3, 0.4) is 0 Å². The maximum Gasteiger partial charge on any atom is 0.270 e. The average molecular weight is 504 g/mol. The quantitative estimate of drug-likeness (QED) is 0.201. The summed E-state index contributed by atoms with van der Waals surface area (Å²) in [5.74, 6) is 3.43. The van der Waals surface area contributed by atoms with Crippen LogP contribution in [0.4, 0.5) is 11.5 Å². The SMILES string of the molecule is COc1ccc(CN(Cc2ccc(OC)cc2OC)c2nc(C)cc3cc([N+](=O)[O-])ccc23)c(OC)c1. The summed E-state index contributed by atoms with van der Waals surface area (Å²) in [7, 11) is 6.46. The standard InChI is InChI=1S/C28H29N3O6/c1-18-12-21-13-22(31(32)33)8-11-25(21)28(29-18)30(16-19-6-9-23(34-2)14-26(19)36-4)17-20-7-10-24(35-3)15-27(20)37-5/h6-15H,16-17H2,1-5H3. The van der Waals surface area contributed by atoms with Crippen molar-refractivity contribution in [3.8, 4) is 23.0 Å². The lowest BCUT2D eigenvalue weighted by molar-refractivity contribution is -0.384. The number of aryl methyl sites for hydroxylation is 1. The van der Waals surface area contributed by atoms with Gasteiger partial charge in [-0.15, -0.1) is 0 Å². The molecule has 9 nitrogen and oxygen atoms in total. The minimum Gasteiger partial charge on any atom is -0.497 e. The van der Waals surface area contributed by atoms with Gasteiger partial charge in [0.15, 0.2) is 0 Å². The van der Waals surface area contributed by atoms with Crippen molar-refractivity contribution in [2.45, 2.75) is 20.0 Å². The molecular weight excluding hydrogens is 474 g/mol. The van der Waals surface area contributed by atoms with Gasteiger partial charge in [0.2, 0.25) is 0 Å². The van der Waals surface area contributed by atoms with E-state index in [-0.39, 0.29) is 5.69 Å². The number of non-ortho nitro benzene ring substituents is 1. The number of rotatable bonds is 10. The van der Waals surface area contributed by atoms with Crippen molar-refractivity contribution in [1.29, 1.82) is 0 Å². The van der Waals surface area contributed by atoms with Crippen LogP contribution in [0.5, 0.6) is 23.0 Å². The van der Waals surface area contributed by atoms with Gasteiger partial charge in [-0.05, 0) is 48.7 Å². The zero-order valence-electron chi connectivity index (χ0n) is 21.5. The van der Waals surface area contributed by atoms with E-state index in [1.165, 1.54) is 6.07 Å². The smallest absolute Gasteiger partial charge is 0.270 e. The molecule has 0 saturated carbocycles. The molecule has 0 saturated heterocycles. The maximum absolute atomic E-state index is 11.4. The minimum absolute atomic E-state index is 0.0317. The van der Waals surface area contributed by atoms with Gasteiger partial charge >= 0.3 is 0 Å². The van der Waals surface area contributed by atoms with Crippen molar-refractivity contribution >= 4 is 22.3 Å². The number of ether oxygens (including phenoxy) is 4. The summed E-state index contributed by atoms with van der Waals surface area (Å²) in [5, 5.41) is 13.0. The largest absolute Gasteiger partial charge is 0.497 e. The number of nitro groups is 1. The number of pyridine rings is 1. The zero-order chi connectivity index (χ0) is 26.5. The first-order valence-electron chi connectivity index (χ1n) is 11.6. The van der Waals surface area contributed by atoms with Crippen LogP contribution >= 0.6 is 0 Å². The molecule has 4 rings (SSSR count). The van der Waals surface area contributed by atoms with Crippen LogP contribution < -0.4 is 23.8 Å². The Morgan fingerprint density at radius 2 is 1.35 bits per heavy atom. The third-order valence-electron chi connectivity index (χ3n) is 6.14. The Balaban J connectivity index is 1.87. The molecule has 1 aromatic heterocycles. The molecule has 37 heavy (non-hydrogen) atoms. The number of aromatic nitrogens is 1. The highest BCUT2D eigenvalue weighted by Gasteiger charge is 2.20. The summed E-state index contributed by atoms with van der Waals surface area (Å²) in [6.07, 6.45) is 0. The Hall–Kier alpha value is -4.53. The van der Waals surface area contributed by atoms with Crippen LogP contribution in [0, 0.1) is 17.0 Å². The van der Waals surface area contributed by atoms with E-state index in [1.807, 2.05) is 49.4 Å². The first-order valence-corrected chi connectivity index (χ1v) is 11.6. The van der Waals surface area contributed by atoms with Gasteiger partial charge in [-0.2, -0.15) is 0 Å². The Morgan fingerprint density at radius 3 is 1.84 bits per heavy atom. The molecule has 0 aliphatic rings. The molecule has 4 aromatic rings. The van der Waals surface area contributed by atoms with Gasteiger partial charge in [-0.3, -0.25) is 10.1 Å². The van der Waals surface area contributed by atoms with E-state index < -0.39 is 4.92 Å². The molecule has 0 bridgehead atoms. The molecule has 0 atom stereocenters. The molecule has 0 unspecified atom stereocenters. The number of methoxy groups -OCH3 is 4. The van der Waals surface area contributed by atoms with E-state index in [9.17, 15) is 10.1 Å². The number of hydrogen-bond donors (Lipinski definition) is 0. The Morgan fingerprint density at radius 1 is 0.784 bits per heavy atom. The fourth-order valence-electron chi connectivity index (χ4n) is 4.29. The third-order valence-corrected chi connectivity index (χ3v) is 6.14. The fourth-order valence-corrected chi connectivity index (χ4v) is 4.29. The normalized spacial score (nSPS) is 10.7. The minimum atomic E-state index is -0.392. The summed E-state index contributed by atoms with van der Waals surface area (Å²) in [6, 6.07) is 18.0. The molecule has 1 heterocycles. The monoisotopic (exact) mass is 503 g/mol. The van der Waals surface area contributed by atoms with E-state index in [0.717, 1.165) is 27.6 Å². The second-order valence-electron chi connectivity index (χ2n) is 8.46. The molecule has 0 fully saturated rings. The lowest BCUT2D eigenvalue weighted by atomic mass is 10.1. The van der Waals surface area contributed by atoms with Crippen LogP contribution in [-0.4, -0.2) is 38.3 Å². The lowest BCUT2D eigenvalue weighted by Gasteiger charge is -2.27. The summed E-state index contributed by atoms with van der Waals surface area (Å²) in [5.41, 5.74) is 2.63. The summed E-state index contributed by atoms with van der Waals surface area (Å²) < 4.78 is 22.0. The predicted molar refractivity (Wildman–Crippen MR) is 142 cm³/mol. The molecule has 0 amide bonds. The number of benzene rings is 3. The van der Waals surface area contributed by atoms with E-state index in [2.05, 4.69) is 4.90 Å².